The summed E-state index contributed by atoms with van der Waals surface area (Å²) in [5, 5.41) is 5.13. The van der Waals surface area contributed by atoms with E-state index in [1.165, 1.54) is 41.4 Å². The van der Waals surface area contributed by atoms with Crippen LogP contribution in [0.15, 0.2) is 60.8 Å². The van der Waals surface area contributed by atoms with Crippen molar-refractivity contribution in [1.29, 1.82) is 0 Å². The van der Waals surface area contributed by atoms with Gasteiger partial charge in [-0.2, -0.15) is 0 Å². The van der Waals surface area contributed by atoms with Crippen LogP contribution in [0.25, 0.3) is 10.9 Å². The van der Waals surface area contributed by atoms with Gasteiger partial charge in [0.15, 0.2) is 0 Å². The number of nitrogens with one attached hydrogen (secondary N) is 1. The third-order valence-corrected chi connectivity index (χ3v) is 6.51. The summed E-state index contributed by atoms with van der Waals surface area (Å²) in [7, 11) is 4.27. The summed E-state index contributed by atoms with van der Waals surface area (Å²) in [5.41, 5.74) is 4.01. The highest BCUT2D eigenvalue weighted by Gasteiger charge is 2.23. The molecule has 4 nitrogen and oxygen atoms in total. The molecule has 1 aliphatic rings. The topological polar surface area (TPSA) is 23.4 Å². The molecule has 160 valence electrons. The Labute approximate surface area is 181 Å². The maximum atomic E-state index is 3.80. The van der Waals surface area contributed by atoms with Crippen LogP contribution in [0.3, 0.4) is 0 Å². The van der Waals surface area contributed by atoms with Gasteiger partial charge in [-0.3, -0.25) is 4.90 Å². The lowest BCUT2D eigenvalue weighted by Gasteiger charge is -2.36. The Bertz CT molecular complexity index is 923. The van der Waals surface area contributed by atoms with E-state index in [0.29, 0.717) is 12.1 Å². The van der Waals surface area contributed by atoms with Gasteiger partial charge in [0.25, 0.3) is 0 Å². The number of benzene rings is 2. The van der Waals surface area contributed by atoms with Crippen LogP contribution >= 0.6 is 0 Å². The van der Waals surface area contributed by atoms with Gasteiger partial charge in [0.1, 0.15) is 0 Å². The van der Waals surface area contributed by atoms with Crippen molar-refractivity contribution in [2.24, 2.45) is 0 Å². The van der Waals surface area contributed by atoms with Crippen LogP contribution in [0, 0.1) is 0 Å². The fraction of sp³-hybridized carbons (Fsp3) is 0.462. The molecular formula is C26H36N4. The van der Waals surface area contributed by atoms with Crippen molar-refractivity contribution in [3.05, 3.63) is 66.4 Å². The standard InChI is InChI=1S/C26H36N4/c1-21(22-8-5-4-6-9-22)29-18-13-24(14-19-29)27-25-10-11-26-23(20-25)12-17-30(26)16-7-15-28(2)3/h4-6,8-12,17,20-21,24,27H,7,13-16,18-19H2,1-3H3. The molecule has 0 radical (unpaired) electrons. The zero-order valence-corrected chi connectivity index (χ0v) is 18.7. The van der Waals surface area contributed by atoms with Gasteiger partial charge in [0, 0.05) is 54.5 Å². The van der Waals surface area contributed by atoms with Gasteiger partial charge < -0.3 is 14.8 Å². The van der Waals surface area contributed by atoms with Gasteiger partial charge in [-0.05, 0) is 76.7 Å². The SMILES string of the molecule is CC(c1ccccc1)N1CCC(Nc2ccc3c(ccn3CCCN(C)C)c2)CC1. The highest BCUT2D eigenvalue weighted by Crippen LogP contribution is 2.27. The van der Waals surface area contributed by atoms with Crippen molar-refractivity contribution in [2.45, 2.75) is 44.8 Å². The molecule has 1 unspecified atom stereocenters. The maximum Gasteiger partial charge on any atom is 0.0481 e. The van der Waals surface area contributed by atoms with Gasteiger partial charge in [-0.25, -0.2) is 0 Å². The number of aromatic nitrogens is 1. The number of aryl methyl sites for hydroxylation is 1. The number of anilines is 1. The lowest BCUT2D eigenvalue weighted by Crippen LogP contribution is -2.40. The number of hydrogen-bond acceptors (Lipinski definition) is 3. The van der Waals surface area contributed by atoms with E-state index in [9.17, 15) is 0 Å². The van der Waals surface area contributed by atoms with Gasteiger partial charge >= 0.3 is 0 Å². The van der Waals surface area contributed by atoms with E-state index in [1.807, 2.05) is 0 Å². The minimum atomic E-state index is 0.496. The van der Waals surface area contributed by atoms with E-state index in [0.717, 1.165) is 26.2 Å². The fourth-order valence-electron chi connectivity index (χ4n) is 4.65. The van der Waals surface area contributed by atoms with Crippen LogP contribution in [-0.2, 0) is 6.54 Å². The molecular weight excluding hydrogens is 368 g/mol. The van der Waals surface area contributed by atoms with Crippen molar-refractivity contribution in [3.8, 4) is 0 Å². The van der Waals surface area contributed by atoms with Gasteiger partial charge in [0.2, 0.25) is 0 Å². The summed E-state index contributed by atoms with van der Waals surface area (Å²) in [6.07, 6.45) is 5.80. The summed E-state index contributed by atoms with van der Waals surface area (Å²) in [5.74, 6) is 0. The fourth-order valence-corrected chi connectivity index (χ4v) is 4.65. The van der Waals surface area contributed by atoms with Crippen LogP contribution < -0.4 is 5.32 Å². The third kappa shape index (κ3) is 5.05. The van der Waals surface area contributed by atoms with Crippen molar-refractivity contribution in [2.75, 3.05) is 39.0 Å². The summed E-state index contributed by atoms with van der Waals surface area (Å²) in [4.78, 5) is 4.87. The average Bonchev–Trinajstić information content (AvgIpc) is 3.16. The third-order valence-electron chi connectivity index (χ3n) is 6.51. The Morgan fingerprint density at radius 2 is 1.80 bits per heavy atom. The molecule has 3 aromatic rings. The minimum absolute atomic E-state index is 0.496. The summed E-state index contributed by atoms with van der Waals surface area (Å²) >= 11 is 0. The lowest BCUT2D eigenvalue weighted by molar-refractivity contribution is 0.167. The molecule has 1 fully saturated rings. The Morgan fingerprint density at radius 1 is 1.03 bits per heavy atom. The molecule has 4 heteroatoms. The molecule has 1 N–H and O–H groups in total. The van der Waals surface area contributed by atoms with Crippen molar-refractivity contribution < 1.29 is 0 Å². The van der Waals surface area contributed by atoms with E-state index in [1.54, 1.807) is 0 Å². The molecule has 1 saturated heterocycles. The van der Waals surface area contributed by atoms with Gasteiger partial charge in [-0.1, -0.05) is 30.3 Å². The van der Waals surface area contributed by atoms with Crippen molar-refractivity contribution >= 4 is 16.6 Å². The molecule has 0 saturated carbocycles. The average molecular weight is 405 g/mol. The summed E-state index contributed by atoms with van der Waals surface area (Å²) < 4.78 is 2.38. The van der Waals surface area contributed by atoms with Crippen LogP contribution in [0.5, 0.6) is 0 Å². The number of fused-ring (bicyclic) bond motifs is 1. The zero-order valence-electron chi connectivity index (χ0n) is 18.7. The molecule has 0 aliphatic carbocycles. The zero-order chi connectivity index (χ0) is 20.9. The smallest absolute Gasteiger partial charge is 0.0481 e. The van der Waals surface area contributed by atoms with E-state index in [4.69, 9.17) is 0 Å². The van der Waals surface area contributed by atoms with E-state index < -0.39 is 0 Å². The predicted molar refractivity (Wildman–Crippen MR) is 128 cm³/mol. The first-order chi connectivity index (χ1) is 14.6. The molecule has 0 bridgehead atoms. The molecule has 4 rings (SSSR count). The molecule has 2 aromatic carbocycles. The Morgan fingerprint density at radius 3 is 2.53 bits per heavy atom. The van der Waals surface area contributed by atoms with Gasteiger partial charge in [0.05, 0.1) is 0 Å². The normalized spacial score (nSPS) is 16.9. The molecule has 0 amide bonds. The van der Waals surface area contributed by atoms with E-state index in [-0.39, 0.29) is 0 Å². The number of rotatable bonds is 8. The Balaban J connectivity index is 1.32. The largest absolute Gasteiger partial charge is 0.382 e. The molecule has 30 heavy (non-hydrogen) atoms. The number of nitrogens with zero attached hydrogens (tertiary/aromatic N) is 3. The highest BCUT2D eigenvalue weighted by molar-refractivity contribution is 5.83. The van der Waals surface area contributed by atoms with Gasteiger partial charge in [-0.15, -0.1) is 0 Å². The Hall–Kier alpha value is -2.30. The highest BCUT2D eigenvalue weighted by atomic mass is 15.2. The van der Waals surface area contributed by atoms with Crippen molar-refractivity contribution in [1.82, 2.24) is 14.4 Å². The van der Waals surface area contributed by atoms with E-state index in [2.05, 4.69) is 101 Å². The quantitative estimate of drug-likeness (QED) is 0.556. The molecule has 1 aliphatic heterocycles. The second-order valence-electron chi connectivity index (χ2n) is 8.98. The monoisotopic (exact) mass is 404 g/mol. The molecule has 0 spiro atoms. The first-order valence-electron chi connectivity index (χ1n) is 11.4. The molecule has 1 atom stereocenters. The summed E-state index contributed by atoms with van der Waals surface area (Å²) in [6, 6.07) is 21.0. The van der Waals surface area contributed by atoms with E-state index >= 15 is 0 Å². The van der Waals surface area contributed by atoms with Crippen LogP contribution in [-0.4, -0.2) is 54.1 Å². The minimum Gasteiger partial charge on any atom is -0.382 e. The van der Waals surface area contributed by atoms with Crippen LogP contribution in [0.2, 0.25) is 0 Å². The lowest BCUT2D eigenvalue weighted by atomic mass is 10.00. The second kappa shape index (κ2) is 9.67. The molecule has 1 aromatic heterocycles. The molecule has 2 heterocycles. The predicted octanol–water partition coefficient (Wildman–Crippen LogP) is 5.23. The Kier molecular flexibility index (Phi) is 6.76. The van der Waals surface area contributed by atoms with Crippen molar-refractivity contribution in [3.63, 3.8) is 0 Å². The second-order valence-corrected chi connectivity index (χ2v) is 8.98. The van der Waals surface area contributed by atoms with Crippen LogP contribution in [0.1, 0.15) is 37.8 Å². The summed E-state index contributed by atoms with van der Waals surface area (Å²) in [6.45, 7) is 6.84. The first-order valence-corrected chi connectivity index (χ1v) is 11.4. The van der Waals surface area contributed by atoms with Crippen LogP contribution in [0.4, 0.5) is 5.69 Å². The number of likely N-dealkylation sites (tertiary alicyclic amines) is 1. The first kappa shape index (κ1) is 21.0. The number of piperidine rings is 1. The number of hydrogen-bond donors (Lipinski definition) is 1. The maximum absolute atomic E-state index is 3.80.